The lowest BCUT2D eigenvalue weighted by atomic mass is 9.05. The van der Waals surface area contributed by atoms with Gasteiger partial charge >= 0.3 is 0 Å². The molecule has 0 heterocycles. The maximum atomic E-state index is 2.75. The van der Waals surface area contributed by atoms with E-state index in [1.54, 1.807) is 0 Å². The van der Waals surface area contributed by atoms with Crippen molar-refractivity contribution >= 4 is 0 Å². The Labute approximate surface area is 190 Å². The molecule has 0 heteroatoms. The highest BCUT2D eigenvalue weighted by Crippen LogP contribution is 2.99. The van der Waals surface area contributed by atoms with E-state index in [0.717, 1.165) is 23.7 Å². The van der Waals surface area contributed by atoms with Crippen LogP contribution >= 0.6 is 0 Å². The van der Waals surface area contributed by atoms with Crippen LogP contribution in [0.3, 0.4) is 0 Å². The maximum Gasteiger partial charge on any atom is -0.0168 e. The molecule has 0 amide bonds. The van der Waals surface area contributed by atoms with Crippen molar-refractivity contribution < 1.29 is 0 Å². The summed E-state index contributed by atoms with van der Waals surface area (Å²) in [6.07, 6.45) is 1.28. The average molecular weight is 417 g/mol. The van der Waals surface area contributed by atoms with Crippen molar-refractivity contribution in [3.05, 3.63) is 0 Å². The fourth-order valence-electron chi connectivity index (χ4n) is 11.6. The standard InChI is InChI=1S/C30H56/c1-17-19(4)26(12,18(2)3)22(7)28(14)29(15)23-27(13,25(10,11)30(23,28)16)21(6)20(5)24(29,8)9/h18-23H,17H2,1-16H3. The Morgan fingerprint density at radius 1 is 0.767 bits per heavy atom. The molecule has 176 valence electrons. The average Bonchev–Trinajstić information content (AvgIpc) is 2.67. The van der Waals surface area contributed by atoms with Gasteiger partial charge in [0.1, 0.15) is 0 Å². The topological polar surface area (TPSA) is 0 Å². The molecule has 3 fully saturated rings. The van der Waals surface area contributed by atoms with Crippen molar-refractivity contribution in [1.82, 2.24) is 0 Å². The summed E-state index contributed by atoms with van der Waals surface area (Å²) < 4.78 is 0. The summed E-state index contributed by atoms with van der Waals surface area (Å²) in [6.45, 7) is 41.9. The first-order chi connectivity index (χ1) is 13.3. The molecule has 10 atom stereocenters. The monoisotopic (exact) mass is 416 g/mol. The molecule has 0 bridgehead atoms. The van der Waals surface area contributed by atoms with Gasteiger partial charge < -0.3 is 0 Å². The zero-order chi connectivity index (χ0) is 23.7. The van der Waals surface area contributed by atoms with Crippen molar-refractivity contribution in [1.29, 1.82) is 0 Å². The lowest BCUT2D eigenvalue weighted by Crippen LogP contribution is -2.95. The SMILES string of the molecule is CCC(C)C(C)(C(C)C)C(C)C1(C)C2(C)C3C(C)(C(C)C(C)C2(C)C)C(C)(C)C31C. The molecule has 10 unspecified atom stereocenters. The Balaban J connectivity index is 2.30. The largest absolute Gasteiger partial charge is 0.0651 e. The molecular formula is C30H56. The summed E-state index contributed by atoms with van der Waals surface area (Å²) in [5.74, 6) is 4.48. The molecule has 0 spiro atoms. The first kappa shape index (κ1) is 24.6. The van der Waals surface area contributed by atoms with Gasteiger partial charge in [-0.2, -0.15) is 0 Å². The van der Waals surface area contributed by atoms with Crippen LogP contribution in [0.5, 0.6) is 0 Å². The Morgan fingerprint density at radius 2 is 1.23 bits per heavy atom. The molecule has 3 saturated carbocycles. The van der Waals surface area contributed by atoms with Gasteiger partial charge in [0.25, 0.3) is 0 Å². The van der Waals surface area contributed by atoms with Crippen LogP contribution in [0.25, 0.3) is 0 Å². The van der Waals surface area contributed by atoms with Gasteiger partial charge in [0.2, 0.25) is 0 Å². The Kier molecular flexibility index (Phi) is 5.02. The van der Waals surface area contributed by atoms with Crippen molar-refractivity contribution in [3.8, 4) is 0 Å². The van der Waals surface area contributed by atoms with Gasteiger partial charge in [-0.1, -0.05) is 117 Å². The molecule has 0 aliphatic heterocycles. The van der Waals surface area contributed by atoms with Crippen LogP contribution in [0.4, 0.5) is 0 Å². The summed E-state index contributed by atoms with van der Waals surface area (Å²) in [6, 6.07) is 0. The second-order valence-electron chi connectivity index (χ2n) is 14.8. The molecule has 3 aliphatic rings. The van der Waals surface area contributed by atoms with Gasteiger partial charge in [-0.3, -0.25) is 0 Å². The minimum absolute atomic E-state index is 0.327. The summed E-state index contributed by atoms with van der Waals surface area (Å²) in [7, 11) is 0. The van der Waals surface area contributed by atoms with Crippen LogP contribution in [0.2, 0.25) is 0 Å². The molecule has 3 aliphatic carbocycles. The smallest absolute Gasteiger partial charge is 0.0168 e. The van der Waals surface area contributed by atoms with Gasteiger partial charge in [-0.25, -0.2) is 0 Å². The molecule has 0 radical (unpaired) electrons. The Bertz CT molecular complexity index is 712. The molecular weight excluding hydrogens is 360 g/mol. The second kappa shape index (κ2) is 6.11. The maximum absolute atomic E-state index is 2.75. The van der Waals surface area contributed by atoms with Gasteiger partial charge in [0, 0.05) is 0 Å². The Morgan fingerprint density at radius 3 is 1.63 bits per heavy atom. The molecule has 0 N–H and O–H groups in total. The number of hydrogen-bond donors (Lipinski definition) is 0. The highest BCUT2D eigenvalue weighted by atomic mass is 15.0. The lowest BCUT2D eigenvalue weighted by Gasteiger charge is -2.99. The fraction of sp³-hybridized carbons (Fsp3) is 1.00. The van der Waals surface area contributed by atoms with Gasteiger partial charge in [-0.15, -0.1) is 0 Å². The van der Waals surface area contributed by atoms with Crippen LogP contribution in [0.15, 0.2) is 0 Å². The van der Waals surface area contributed by atoms with Crippen molar-refractivity contribution in [2.45, 2.75) is 117 Å². The number of hydrogen-bond acceptors (Lipinski definition) is 0. The Hall–Kier alpha value is 0. The zero-order valence-electron chi connectivity index (χ0n) is 23.7. The van der Waals surface area contributed by atoms with Gasteiger partial charge in [0.05, 0.1) is 0 Å². The van der Waals surface area contributed by atoms with E-state index in [1.807, 2.05) is 0 Å². The molecule has 0 saturated heterocycles. The van der Waals surface area contributed by atoms with Crippen LogP contribution in [0, 0.1) is 73.4 Å². The zero-order valence-corrected chi connectivity index (χ0v) is 23.7. The highest BCUT2D eigenvalue weighted by molar-refractivity contribution is 5.42. The summed E-state index contributed by atoms with van der Waals surface area (Å²) in [4.78, 5) is 0. The summed E-state index contributed by atoms with van der Waals surface area (Å²) >= 11 is 0. The van der Waals surface area contributed by atoms with E-state index in [1.165, 1.54) is 6.42 Å². The van der Waals surface area contributed by atoms with Gasteiger partial charge in [-0.05, 0) is 73.4 Å². The van der Waals surface area contributed by atoms with E-state index in [9.17, 15) is 0 Å². The molecule has 3 rings (SSSR count). The predicted octanol–water partition coefficient (Wildman–Crippen LogP) is 9.34. The molecule has 0 aromatic heterocycles. The normalized spacial score (nSPS) is 52.5. The van der Waals surface area contributed by atoms with E-state index < -0.39 is 0 Å². The first-order valence-corrected chi connectivity index (χ1v) is 13.3. The van der Waals surface area contributed by atoms with E-state index in [-0.39, 0.29) is 0 Å². The third kappa shape index (κ3) is 1.85. The van der Waals surface area contributed by atoms with Gasteiger partial charge in [0.15, 0.2) is 0 Å². The highest BCUT2D eigenvalue weighted by Gasteiger charge is 2.95. The van der Waals surface area contributed by atoms with Crippen LogP contribution < -0.4 is 0 Å². The third-order valence-corrected chi connectivity index (χ3v) is 15.4. The van der Waals surface area contributed by atoms with Crippen molar-refractivity contribution in [2.24, 2.45) is 73.4 Å². The predicted molar refractivity (Wildman–Crippen MR) is 133 cm³/mol. The quantitative estimate of drug-likeness (QED) is 0.418. The van der Waals surface area contributed by atoms with Crippen molar-refractivity contribution in [3.63, 3.8) is 0 Å². The fourth-order valence-corrected chi connectivity index (χ4v) is 11.6. The number of rotatable bonds is 5. The van der Waals surface area contributed by atoms with Crippen LogP contribution in [0.1, 0.15) is 117 Å². The van der Waals surface area contributed by atoms with E-state index >= 15 is 0 Å². The molecule has 30 heavy (non-hydrogen) atoms. The molecule has 0 nitrogen and oxygen atoms in total. The lowest BCUT2D eigenvalue weighted by molar-refractivity contribution is -0.521. The summed E-state index contributed by atoms with van der Waals surface area (Å²) in [5, 5.41) is 0. The first-order valence-electron chi connectivity index (χ1n) is 13.3. The minimum Gasteiger partial charge on any atom is -0.0651 e. The van der Waals surface area contributed by atoms with Crippen molar-refractivity contribution in [2.75, 3.05) is 0 Å². The van der Waals surface area contributed by atoms with Crippen LogP contribution in [-0.4, -0.2) is 0 Å². The molecule has 0 aromatic rings. The molecule has 0 aromatic carbocycles. The summed E-state index contributed by atoms with van der Waals surface area (Å²) in [5.41, 5.74) is 2.61. The second-order valence-corrected chi connectivity index (χ2v) is 14.8. The van der Waals surface area contributed by atoms with E-state index in [0.29, 0.717) is 49.7 Å². The van der Waals surface area contributed by atoms with Crippen LogP contribution in [-0.2, 0) is 0 Å². The van der Waals surface area contributed by atoms with E-state index in [2.05, 4.69) is 111 Å². The minimum atomic E-state index is 0.327. The van der Waals surface area contributed by atoms with E-state index in [4.69, 9.17) is 0 Å². The third-order valence-electron chi connectivity index (χ3n) is 15.4.